The van der Waals surface area contributed by atoms with Gasteiger partial charge in [-0.2, -0.15) is 10.1 Å². The zero-order valence-electron chi connectivity index (χ0n) is 9.22. The number of aryl methyl sites for hydroxylation is 1. The average molecular weight is 214 g/mol. The van der Waals surface area contributed by atoms with Gasteiger partial charge in [0.25, 0.3) is 0 Å². The van der Waals surface area contributed by atoms with Crippen LogP contribution in [0.3, 0.4) is 0 Å². The van der Waals surface area contributed by atoms with Crippen molar-refractivity contribution in [1.29, 1.82) is 0 Å². The molecule has 1 atom stereocenters. The predicted molar refractivity (Wildman–Crippen MR) is 62.4 cm³/mol. The molecule has 1 aliphatic rings. The number of aromatic nitrogens is 3. The van der Waals surface area contributed by atoms with Crippen molar-refractivity contribution in [3.8, 4) is 0 Å². The minimum Gasteiger partial charge on any atom is -0.354 e. The van der Waals surface area contributed by atoms with E-state index >= 15 is 0 Å². The average Bonchev–Trinajstić information content (AvgIpc) is 2.70. The monoisotopic (exact) mass is 214 g/mol. The maximum absolute atomic E-state index is 4.45. The third-order valence-corrected chi connectivity index (χ3v) is 2.92. The molecule has 0 aliphatic carbocycles. The van der Waals surface area contributed by atoms with Crippen molar-refractivity contribution in [3.05, 3.63) is 41.7 Å². The largest absolute Gasteiger partial charge is 0.354 e. The molecule has 1 unspecified atom stereocenters. The third-order valence-electron chi connectivity index (χ3n) is 2.92. The molecule has 0 saturated heterocycles. The van der Waals surface area contributed by atoms with Gasteiger partial charge < -0.3 is 5.32 Å². The van der Waals surface area contributed by atoms with Crippen LogP contribution in [0.15, 0.2) is 30.3 Å². The van der Waals surface area contributed by atoms with Crippen LogP contribution in [0.25, 0.3) is 0 Å². The first-order chi connectivity index (χ1) is 7.84. The molecule has 16 heavy (non-hydrogen) atoms. The molecule has 0 spiro atoms. The van der Waals surface area contributed by atoms with Gasteiger partial charge in [0.2, 0.25) is 5.95 Å². The van der Waals surface area contributed by atoms with Crippen molar-refractivity contribution in [2.75, 3.05) is 11.9 Å². The van der Waals surface area contributed by atoms with Crippen molar-refractivity contribution >= 4 is 5.95 Å². The van der Waals surface area contributed by atoms with Crippen molar-refractivity contribution in [3.63, 3.8) is 0 Å². The maximum Gasteiger partial charge on any atom is 0.221 e. The number of nitrogens with one attached hydrogen (secondary N) is 1. The van der Waals surface area contributed by atoms with Gasteiger partial charge in [0.1, 0.15) is 5.82 Å². The van der Waals surface area contributed by atoms with Gasteiger partial charge >= 0.3 is 0 Å². The van der Waals surface area contributed by atoms with Gasteiger partial charge in [0, 0.05) is 6.54 Å². The van der Waals surface area contributed by atoms with Crippen LogP contribution in [0.5, 0.6) is 0 Å². The lowest BCUT2D eigenvalue weighted by Crippen LogP contribution is -2.24. The van der Waals surface area contributed by atoms with Crippen LogP contribution in [-0.4, -0.2) is 21.3 Å². The highest BCUT2D eigenvalue weighted by Gasteiger charge is 2.23. The third kappa shape index (κ3) is 1.46. The Morgan fingerprint density at radius 3 is 2.94 bits per heavy atom. The van der Waals surface area contributed by atoms with E-state index in [1.165, 1.54) is 5.56 Å². The van der Waals surface area contributed by atoms with Crippen LogP contribution in [0.4, 0.5) is 5.95 Å². The van der Waals surface area contributed by atoms with Crippen molar-refractivity contribution < 1.29 is 0 Å². The SMILES string of the molecule is Cc1nc2n(n1)C(c1ccccc1)CCN2. The summed E-state index contributed by atoms with van der Waals surface area (Å²) in [7, 11) is 0. The smallest absolute Gasteiger partial charge is 0.221 e. The highest BCUT2D eigenvalue weighted by molar-refractivity contribution is 5.32. The summed E-state index contributed by atoms with van der Waals surface area (Å²) in [6.45, 7) is 2.88. The summed E-state index contributed by atoms with van der Waals surface area (Å²) >= 11 is 0. The van der Waals surface area contributed by atoms with E-state index in [0.29, 0.717) is 6.04 Å². The minimum absolute atomic E-state index is 0.318. The zero-order chi connectivity index (χ0) is 11.0. The number of rotatable bonds is 1. The van der Waals surface area contributed by atoms with E-state index in [1.807, 2.05) is 17.7 Å². The Morgan fingerprint density at radius 1 is 1.31 bits per heavy atom. The van der Waals surface area contributed by atoms with E-state index in [4.69, 9.17) is 0 Å². The number of benzene rings is 1. The van der Waals surface area contributed by atoms with Gasteiger partial charge in [-0.3, -0.25) is 0 Å². The van der Waals surface area contributed by atoms with Crippen LogP contribution in [-0.2, 0) is 0 Å². The Hall–Kier alpha value is -1.84. The Kier molecular flexibility index (Phi) is 2.13. The molecule has 1 aliphatic heterocycles. The lowest BCUT2D eigenvalue weighted by atomic mass is 10.0. The van der Waals surface area contributed by atoms with Crippen LogP contribution in [0.1, 0.15) is 23.9 Å². The summed E-state index contributed by atoms with van der Waals surface area (Å²) < 4.78 is 1.99. The number of hydrogen-bond acceptors (Lipinski definition) is 3. The minimum atomic E-state index is 0.318. The molecule has 2 aromatic rings. The molecule has 0 radical (unpaired) electrons. The quantitative estimate of drug-likeness (QED) is 0.789. The van der Waals surface area contributed by atoms with E-state index in [9.17, 15) is 0 Å². The molecular formula is C12H14N4. The number of anilines is 1. The fourth-order valence-corrected chi connectivity index (χ4v) is 2.19. The first-order valence-electron chi connectivity index (χ1n) is 5.56. The molecule has 2 heterocycles. The Labute approximate surface area is 94.3 Å². The molecule has 0 saturated carbocycles. The first-order valence-corrected chi connectivity index (χ1v) is 5.56. The standard InChI is InChI=1S/C12H14N4/c1-9-14-12-13-8-7-11(16(12)15-9)10-5-3-2-4-6-10/h2-6,11H,7-8H2,1H3,(H,13,14,15). The Balaban J connectivity index is 2.05. The fourth-order valence-electron chi connectivity index (χ4n) is 2.19. The van der Waals surface area contributed by atoms with E-state index in [2.05, 4.69) is 39.7 Å². The Morgan fingerprint density at radius 2 is 2.12 bits per heavy atom. The first kappa shape index (κ1) is 9.39. The summed E-state index contributed by atoms with van der Waals surface area (Å²) in [6, 6.07) is 10.8. The molecule has 4 nitrogen and oxygen atoms in total. The van der Waals surface area contributed by atoms with Gasteiger partial charge in [0.05, 0.1) is 6.04 Å². The van der Waals surface area contributed by atoms with E-state index in [-0.39, 0.29) is 0 Å². The molecule has 0 fully saturated rings. The summed E-state index contributed by atoms with van der Waals surface area (Å²) in [5.41, 5.74) is 1.30. The van der Waals surface area contributed by atoms with Gasteiger partial charge in [-0.1, -0.05) is 30.3 Å². The molecule has 3 rings (SSSR count). The number of fused-ring (bicyclic) bond motifs is 1. The molecule has 0 bridgehead atoms. The summed E-state index contributed by atoms with van der Waals surface area (Å²) in [5.74, 6) is 1.71. The van der Waals surface area contributed by atoms with Crippen molar-refractivity contribution in [2.45, 2.75) is 19.4 Å². The fraction of sp³-hybridized carbons (Fsp3) is 0.333. The molecule has 0 amide bonds. The topological polar surface area (TPSA) is 42.7 Å². The lowest BCUT2D eigenvalue weighted by molar-refractivity contribution is 0.478. The highest BCUT2D eigenvalue weighted by atomic mass is 15.4. The van der Waals surface area contributed by atoms with Crippen LogP contribution < -0.4 is 5.32 Å². The molecule has 82 valence electrons. The van der Waals surface area contributed by atoms with Crippen LogP contribution >= 0.6 is 0 Å². The lowest BCUT2D eigenvalue weighted by Gasteiger charge is -2.24. The normalized spacial score (nSPS) is 18.9. The van der Waals surface area contributed by atoms with Gasteiger partial charge in [-0.05, 0) is 18.9 Å². The second-order valence-electron chi connectivity index (χ2n) is 4.07. The van der Waals surface area contributed by atoms with E-state index in [1.54, 1.807) is 0 Å². The predicted octanol–water partition coefficient (Wildman–Crippen LogP) is 1.99. The highest BCUT2D eigenvalue weighted by Crippen LogP contribution is 2.27. The van der Waals surface area contributed by atoms with Crippen molar-refractivity contribution in [2.24, 2.45) is 0 Å². The molecular weight excluding hydrogens is 200 g/mol. The molecule has 1 aromatic carbocycles. The van der Waals surface area contributed by atoms with Crippen molar-refractivity contribution in [1.82, 2.24) is 14.8 Å². The Bertz CT molecular complexity index is 489. The van der Waals surface area contributed by atoms with Gasteiger partial charge in [0.15, 0.2) is 0 Å². The summed E-state index contributed by atoms with van der Waals surface area (Å²) in [5, 5.41) is 7.72. The molecule has 4 heteroatoms. The maximum atomic E-state index is 4.45. The number of nitrogens with zero attached hydrogens (tertiary/aromatic N) is 3. The zero-order valence-corrected chi connectivity index (χ0v) is 9.22. The summed E-state index contributed by atoms with van der Waals surface area (Å²) in [6.07, 6.45) is 1.06. The second-order valence-corrected chi connectivity index (χ2v) is 4.07. The van der Waals surface area contributed by atoms with Crippen LogP contribution in [0, 0.1) is 6.92 Å². The summed E-state index contributed by atoms with van der Waals surface area (Å²) in [4.78, 5) is 4.37. The molecule has 1 N–H and O–H groups in total. The molecule has 1 aromatic heterocycles. The van der Waals surface area contributed by atoms with Gasteiger partial charge in [-0.15, -0.1) is 0 Å². The van der Waals surface area contributed by atoms with Crippen LogP contribution in [0.2, 0.25) is 0 Å². The van der Waals surface area contributed by atoms with Gasteiger partial charge in [-0.25, -0.2) is 4.68 Å². The number of hydrogen-bond donors (Lipinski definition) is 1. The second kappa shape index (κ2) is 3.63. The van der Waals surface area contributed by atoms with E-state index in [0.717, 1.165) is 24.7 Å². The van der Waals surface area contributed by atoms with E-state index < -0.39 is 0 Å².